The van der Waals surface area contributed by atoms with Crippen LogP contribution in [0.25, 0.3) is 21.9 Å². The second-order valence-corrected chi connectivity index (χ2v) is 7.65. The molecule has 2 amide bonds. The number of rotatable bonds is 6. The molecule has 4 heteroatoms. The van der Waals surface area contributed by atoms with E-state index >= 15 is 0 Å². The Morgan fingerprint density at radius 1 is 0.786 bits per heavy atom. The maximum Gasteiger partial charge on any atom is 0.261 e. The number of hydrogen-bond donors (Lipinski definition) is 0. The minimum Gasteiger partial charge on any atom is -0.274 e. The van der Waals surface area contributed by atoms with Crippen LogP contribution in [0.3, 0.4) is 0 Å². The van der Waals surface area contributed by atoms with Gasteiger partial charge in [-0.05, 0) is 47.2 Å². The zero-order chi connectivity index (χ0) is 19.7. The molecule has 0 N–H and O–H groups in total. The number of halogens is 1. The second-order valence-electron chi connectivity index (χ2n) is 7.22. The molecule has 0 unspecified atom stereocenters. The molecule has 3 aromatic rings. The Hall–Kier alpha value is -2.65. The summed E-state index contributed by atoms with van der Waals surface area (Å²) >= 11 is 6.02. The minimum absolute atomic E-state index is 0.187. The first kappa shape index (κ1) is 18.7. The monoisotopic (exact) mass is 391 g/mol. The lowest BCUT2D eigenvalue weighted by Crippen LogP contribution is -2.40. The molecule has 0 atom stereocenters. The van der Waals surface area contributed by atoms with Gasteiger partial charge in [0.05, 0.1) is 0 Å². The molecule has 0 aliphatic carbocycles. The number of carbonyl (C=O) groups excluding carboxylic acids is 2. The van der Waals surface area contributed by atoms with Gasteiger partial charge >= 0.3 is 0 Å². The van der Waals surface area contributed by atoms with E-state index in [1.165, 1.54) is 4.90 Å². The molecular weight excluding hydrogens is 370 g/mol. The third-order valence-electron chi connectivity index (χ3n) is 5.38. The molecule has 1 heterocycles. The zero-order valence-electron chi connectivity index (χ0n) is 15.9. The van der Waals surface area contributed by atoms with Crippen LogP contribution in [0.2, 0.25) is 5.02 Å². The summed E-state index contributed by atoms with van der Waals surface area (Å²) in [5.41, 5.74) is 3.22. The first-order chi connectivity index (χ1) is 13.6. The lowest BCUT2D eigenvalue weighted by atomic mass is 9.89. The summed E-state index contributed by atoms with van der Waals surface area (Å²) in [5, 5.41) is 2.36. The lowest BCUT2D eigenvalue weighted by Gasteiger charge is -2.28. The minimum atomic E-state index is -0.187. The standard InChI is InChI=1S/C24H22ClNO2/c1-2-3-4-5-15-26-23(27)20-8-6-7-19-18(16-9-11-17(25)12-10-16)13-14-21(22(19)20)24(26)28/h6-14H,2-5,15H2,1H3. The summed E-state index contributed by atoms with van der Waals surface area (Å²) in [4.78, 5) is 27.5. The number of imide groups is 1. The van der Waals surface area contributed by atoms with Crippen molar-refractivity contribution in [3.05, 3.63) is 70.7 Å². The molecule has 28 heavy (non-hydrogen) atoms. The molecule has 0 aromatic heterocycles. The highest BCUT2D eigenvalue weighted by atomic mass is 35.5. The fourth-order valence-electron chi connectivity index (χ4n) is 3.93. The van der Waals surface area contributed by atoms with Gasteiger partial charge in [-0.1, -0.05) is 68.1 Å². The molecule has 0 saturated carbocycles. The molecule has 0 radical (unpaired) electrons. The summed E-state index contributed by atoms with van der Waals surface area (Å²) in [6.45, 7) is 2.62. The highest BCUT2D eigenvalue weighted by molar-refractivity contribution is 6.30. The molecule has 1 aliphatic heterocycles. The van der Waals surface area contributed by atoms with Gasteiger partial charge in [0.25, 0.3) is 11.8 Å². The van der Waals surface area contributed by atoms with Gasteiger partial charge in [0, 0.05) is 28.1 Å². The molecule has 0 bridgehead atoms. The molecule has 1 aliphatic rings. The van der Waals surface area contributed by atoms with Crippen molar-refractivity contribution in [1.82, 2.24) is 4.90 Å². The van der Waals surface area contributed by atoms with Gasteiger partial charge in [0.1, 0.15) is 0 Å². The van der Waals surface area contributed by atoms with Gasteiger partial charge in [-0.2, -0.15) is 0 Å². The predicted molar refractivity (Wildman–Crippen MR) is 114 cm³/mol. The summed E-state index contributed by atoms with van der Waals surface area (Å²) in [7, 11) is 0. The van der Waals surface area contributed by atoms with Crippen LogP contribution in [0.5, 0.6) is 0 Å². The molecule has 142 valence electrons. The first-order valence-corrected chi connectivity index (χ1v) is 10.2. The number of unbranched alkanes of at least 4 members (excludes halogenated alkanes) is 3. The Kier molecular flexibility index (Phi) is 5.19. The molecule has 0 fully saturated rings. The largest absolute Gasteiger partial charge is 0.274 e. The van der Waals surface area contributed by atoms with E-state index in [1.54, 1.807) is 0 Å². The van der Waals surface area contributed by atoms with Crippen LogP contribution < -0.4 is 0 Å². The molecule has 0 saturated heterocycles. The van der Waals surface area contributed by atoms with E-state index in [9.17, 15) is 9.59 Å². The Bertz CT molecular complexity index is 1030. The van der Waals surface area contributed by atoms with E-state index in [1.807, 2.05) is 54.6 Å². The molecule has 0 spiro atoms. The van der Waals surface area contributed by atoms with Crippen molar-refractivity contribution >= 4 is 34.2 Å². The SMILES string of the molecule is CCCCCCN1C(=O)c2cccc3c(-c4ccc(Cl)cc4)ccc(c23)C1=O. The zero-order valence-corrected chi connectivity index (χ0v) is 16.6. The van der Waals surface area contributed by atoms with Crippen LogP contribution in [0.4, 0.5) is 0 Å². The Labute approximate surface area is 169 Å². The molecular formula is C24H22ClNO2. The predicted octanol–water partition coefficient (Wildman–Crippen LogP) is 6.34. The van der Waals surface area contributed by atoms with E-state index in [-0.39, 0.29) is 11.8 Å². The van der Waals surface area contributed by atoms with Crippen LogP contribution in [0.15, 0.2) is 54.6 Å². The van der Waals surface area contributed by atoms with Crippen molar-refractivity contribution in [2.45, 2.75) is 32.6 Å². The maximum atomic E-state index is 13.1. The van der Waals surface area contributed by atoms with E-state index in [0.29, 0.717) is 22.7 Å². The van der Waals surface area contributed by atoms with Crippen LogP contribution in [0.1, 0.15) is 53.3 Å². The lowest BCUT2D eigenvalue weighted by molar-refractivity contribution is 0.0608. The number of nitrogens with zero attached hydrogens (tertiary/aromatic N) is 1. The maximum absolute atomic E-state index is 13.1. The third-order valence-corrected chi connectivity index (χ3v) is 5.63. The third kappa shape index (κ3) is 3.20. The van der Waals surface area contributed by atoms with Crippen molar-refractivity contribution in [2.24, 2.45) is 0 Å². The molecule has 4 rings (SSSR count). The Morgan fingerprint density at radius 2 is 1.46 bits per heavy atom. The number of carbonyl (C=O) groups is 2. The van der Waals surface area contributed by atoms with E-state index < -0.39 is 0 Å². The van der Waals surface area contributed by atoms with Gasteiger partial charge in [-0.25, -0.2) is 0 Å². The smallest absolute Gasteiger partial charge is 0.261 e. The van der Waals surface area contributed by atoms with Crippen molar-refractivity contribution in [1.29, 1.82) is 0 Å². The quantitative estimate of drug-likeness (QED) is 0.363. The van der Waals surface area contributed by atoms with Crippen LogP contribution in [-0.4, -0.2) is 23.3 Å². The number of hydrogen-bond acceptors (Lipinski definition) is 2. The van der Waals surface area contributed by atoms with Crippen molar-refractivity contribution < 1.29 is 9.59 Å². The van der Waals surface area contributed by atoms with Crippen molar-refractivity contribution in [2.75, 3.05) is 6.54 Å². The summed E-state index contributed by atoms with van der Waals surface area (Å²) in [6, 6.07) is 17.1. The van der Waals surface area contributed by atoms with Gasteiger partial charge in [0.2, 0.25) is 0 Å². The number of amides is 2. The normalized spacial score (nSPS) is 13.4. The average molecular weight is 392 g/mol. The Morgan fingerprint density at radius 3 is 2.18 bits per heavy atom. The summed E-state index contributed by atoms with van der Waals surface area (Å²) < 4.78 is 0. The highest BCUT2D eigenvalue weighted by Crippen LogP contribution is 2.36. The van der Waals surface area contributed by atoms with E-state index in [0.717, 1.165) is 47.6 Å². The molecule has 3 aromatic carbocycles. The fraction of sp³-hybridized carbons (Fsp3) is 0.250. The van der Waals surface area contributed by atoms with Crippen LogP contribution in [-0.2, 0) is 0 Å². The first-order valence-electron chi connectivity index (χ1n) is 9.79. The van der Waals surface area contributed by atoms with Crippen LogP contribution >= 0.6 is 11.6 Å². The van der Waals surface area contributed by atoms with Crippen molar-refractivity contribution in [3.63, 3.8) is 0 Å². The van der Waals surface area contributed by atoms with Crippen LogP contribution in [0, 0.1) is 0 Å². The van der Waals surface area contributed by atoms with Gasteiger partial charge in [-0.3, -0.25) is 14.5 Å². The van der Waals surface area contributed by atoms with E-state index in [2.05, 4.69) is 6.92 Å². The van der Waals surface area contributed by atoms with E-state index in [4.69, 9.17) is 11.6 Å². The van der Waals surface area contributed by atoms with Gasteiger partial charge < -0.3 is 0 Å². The van der Waals surface area contributed by atoms with Gasteiger partial charge in [0.15, 0.2) is 0 Å². The second kappa shape index (κ2) is 7.76. The fourth-order valence-corrected chi connectivity index (χ4v) is 4.05. The highest BCUT2D eigenvalue weighted by Gasteiger charge is 2.32. The Balaban J connectivity index is 1.78. The van der Waals surface area contributed by atoms with Gasteiger partial charge in [-0.15, -0.1) is 0 Å². The summed E-state index contributed by atoms with van der Waals surface area (Å²) in [6.07, 6.45) is 4.12. The topological polar surface area (TPSA) is 37.4 Å². The molecule has 3 nitrogen and oxygen atoms in total. The van der Waals surface area contributed by atoms with Crippen molar-refractivity contribution in [3.8, 4) is 11.1 Å². The average Bonchev–Trinajstić information content (AvgIpc) is 2.72. The number of benzene rings is 3. The summed E-state index contributed by atoms with van der Waals surface area (Å²) in [5.74, 6) is -0.374.